The molecule has 2 rings (SSSR count). The van der Waals surface area contributed by atoms with Gasteiger partial charge in [0.25, 0.3) is 5.56 Å². The van der Waals surface area contributed by atoms with Crippen molar-refractivity contribution in [2.75, 3.05) is 0 Å². The molecule has 21 heavy (non-hydrogen) atoms. The van der Waals surface area contributed by atoms with Gasteiger partial charge in [0.2, 0.25) is 0 Å². The maximum atomic E-state index is 12.1. The second-order valence-corrected chi connectivity index (χ2v) is 4.95. The van der Waals surface area contributed by atoms with Crippen molar-refractivity contribution in [3.05, 3.63) is 50.8 Å². The Morgan fingerprint density at radius 2 is 2.00 bits per heavy atom. The second-order valence-electron chi connectivity index (χ2n) is 4.95. The number of carbonyl (C=O) groups is 1. The quantitative estimate of drug-likeness (QED) is 0.747. The van der Waals surface area contributed by atoms with Crippen molar-refractivity contribution < 1.29 is 4.79 Å². The number of aryl methyl sites for hydroxylation is 1. The minimum absolute atomic E-state index is 0.0126. The van der Waals surface area contributed by atoms with Crippen LogP contribution in [0.15, 0.2) is 28.3 Å². The smallest absolute Gasteiger partial charge is 0.331 e. The minimum atomic E-state index is -0.564. The van der Waals surface area contributed by atoms with Crippen LogP contribution < -0.4 is 11.2 Å². The molecule has 0 spiro atoms. The molecule has 112 valence electrons. The van der Waals surface area contributed by atoms with Crippen molar-refractivity contribution in [1.82, 2.24) is 18.7 Å². The first-order chi connectivity index (χ1) is 9.95. The zero-order valence-electron chi connectivity index (χ0n) is 12.4. The molecule has 2 aromatic rings. The van der Waals surface area contributed by atoms with Crippen LogP contribution in [0.25, 0.3) is 0 Å². The van der Waals surface area contributed by atoms with Crippen LogP contribution in [0.4, 0.5) is 0 Å². The lowest BCUT2D eigenvalue weighted by Gasteiger charge is -2.11. The van der Waals surface area contributed by atoms with Gasteiger partial charge in [-0.05, 0) is 13.3 Å². The molecule has 0 amide bonds. The normalized spacial score (nSPS) is 10.8. The summed E-state index contributed by atoms with van der Waals surface area (Å²) in [6, 6.07) is 0. The molecule has 0 saturated carbocycles. The Morgan fingerprint density at radius 1 is 1.29 bits per heavy atom. The molecule has 0 aliphatic heterocycles. The van der Waals surface area contributed by atoms with Crippen molar-refractivity contribution >= 4 is 5.78 Å². The fourth-order valence-electron chi connectivity index (χ4n) is 2.18. The Kier molecular flexibility index (Phi) is 4.21. The Labute approximate surface area is 121 Å². The van der Waals surface area contributed by atoms with Gasteiger partial charge in [-0.1, -0.05) is 6.92 Å². The van der Waals surface area contributed by atoms with Gasteiger partial charge in [-0.25, -0.2) is 9.78 Å². The Morgan fingerprint density at radius 3 is 2.62 bits per heavy atom. The molecule has 0 unspecified atom stereocenters. The summed E-state index contributed by atoms with van der Waals surface area (Å²) in [5, 5.41) is 0. The highest BCUT2D eigenvalue weighted by atomic mass is 16.2. The maximum Gasteiger partial charge on any atom is 0.331 e. The molecule has 0 aliphatic rings. The molecular weight excluding hydrogens is 272 g/mol. The van der Waals surface area contributed by atoms with E-state index in [1.807, 2.05) is 4.57 Å². The van der Waals surface area contributed by atoms with Crippen LogP contribution in [-0.2, 0) is 20.1 Å². The summed E-state index contributed by atoms with van der Waals surface area (Å²) in [4.78, 5) is 39.6. The number of Topliss-reactive ketones (excluding diaryl/α,β-unsaturated/α-hetero) is 1. The summed E-state index contributed by atoms with van der Waals surface area (Å²) in [7, 11) is 1.37. The van der Waals surface area contributed by atoms with Crippen molar-refractivity contribution in [3.63, 3.8) is 0 Å². The van der Waals surface area contributed by atoms with Gasteiger partial charge < -0.3 is 4.57 Å². The highest BCUT2D eigenvalue weighted by Crippen LogP contribution is 2.03. The number of hydrogen-bond donors (Lipinski definition) is 0. The number of aromatic nitrogens is 4. The molecule has 0 radical (unpaired) electrons. The number of hydrogen-bond acceptors (Lipinski definition) is 4. The average Bonchev–Trinajstić information content (AvgIpc) is 2.87. The van der Waals surface area contributed by atoms with Gasteiger partial charge in [0.1, 0.15) is 0 Å². The summed E-state index contributed by atoms with van der Waals surface area (Å²) in [5.41, 5.74) is -0.147. The summed E-state index contributed by atoms with van der Waals surface area (Å²) >= 11 is 0. The zero-order chi connectivity index (χ0) is 15.6. The molecule has 2 aromatic heterocycles. The standard InChI is InChI=1S/C14H18N4O3/c1-4-5-17-9-15-6-11(17)7-18-8-12(10(2)19)13(20)16(3)14(18)21/h6,8-9H,4-5,7H2,1-3H3. The monoisotopic (exact) mass is 290 g/mol. The first kappa shape index (κ1) is 15.0. The molecule has 7 heteroatoms. The third kappa shape index (κ3) is 2.86. The predicted octanol–water partition coefficient (Wildman–Crippen LogP) is 0.404. The van der Waals surface area contributed by atoms with Crippen LogP contribution in [-0.4, -0.2) is 24.5 Å². The molecule has 2 heterocycles. The lowest BCUT2D eigenvalue weighted by molar-refractivity contribution is 0.101. The van der Waals surface area contributed by atoms with Crippen LogP contribution in [0.5, 0.6) is 0 Å². The molecule has 7 nitrogen and oxygen atoms in total. The van der Waals surface area contributed by atoms with E-state index in [0.29, 0.717) is 0 Å². The van der Waals surface area contributed by atoms with Gasteiger partial charge in [-0.2, -0.15) is 0 Å². The predicted molar refractivity (Wildman–Crippen MR) is 77.6 cm³/mol. The van der Waals surface area contributed by atoms with Gasteiger partial charge in [-0.15, -0.1) is 0 Å². The summed E-state index contributed by atoms with van der Waals surface area (Å²) in [5.74, 6) is -0.355. The van der Waals surface area contributed by atoms with E-state index in [2.05, 4.69) is 11.9 Å². The molecule has 0 fully saturated rings. The van der Waals surface area contributed by atoms with E-state index in [-0.39, 0.29) is 17.9 Å². The molecular formula is C14H18N4O3. The highest BCUT2D eigenvalue weighted by molar-refractivity contribution is 5.93. The Bertz CT molecular complexity index is 782. The summed E-state index contributed by atoms with van der Waals surface area (Å²) in [6.45, 7) is 4.44. The van der Waals surface area contributed by atoms with Crippen molar-refractivity contribution in [1.29, 1.82) is 0 Å². The zero-order valence-corrected chi connectivity index (χ0v) is 12.4. The Hall–Kier alpha value is -2.44. The van der Waals surface area contributed by atoms with Crippen LogP contribution >= 0.6 is 0 Å². The fourth-order valence-corrected chi connectivity index (χ4v) is 2.18. The number of rotatable bonds is 5. The van der Waals surface area contributed by atoms with Gasteiger partial charge in [0, 0.05) is 26.0 Å². The van der Waals surface area contributed by atoms with Crippen LogP contribution in [0.3, 0.4) is 0 Å². The van der Waals surface area contributed by atoms with E-state index >= 15 is 0 Å². The minimum Gasteiger partial charge on any atom is -0.333 e. The second kappa shape index (κ2) is 5.90. The molecule has 0 saturated heterocycles. The first-order valence-electron chi connectivity index (χ1n) is 6.76. The van der Waals surface area contributed by atoms with Crippen molar-refractivity contribution in [2.24, 2.45) is 7.05 Å². The summed E-state index contributed by atoms with van der Waals surface area (Å²) < 4.78 is 4.27. The SMILES string of the molecule is CCCn1cncc1Cn1cc(C(C)=O)c(=O)n(C)c1=O. The van der Waals surface area contributed by atoms with Gasteiger partial charge in [-0.3, -0.25) is 18.7 Å². The van der Waals surface area contributed by atoms with E-state index in [1.54, 1.807) is 12.5 Å². The lowest BCUT2D eigenvalue weighted by atomic mass is 10.2. The number of ketones is 1. The third-order valence-electron chi connectivity index (χ3n) is 3.33. The lowest BCUT2D eigenvalue weighted by Crippen LogP contribution is -2.40. The van der Waals surface area contributed by atoms with E-state index < -0.39 is 11.2 Å². The fraction of sp³-hybridized carbons (Fsp3) is 0.429. The number of carbonyl (C=O) groups excluding carboxylic acids is 1. The van der Waals surface area contributed by atoms with Crippen molar-refractivity contribution in [3.8, 4) is 0 Å². The number of nitrogens with zero attached hydrogens (tertiary/aromatic N) is 4. The van der Waals surface area contributed by atoms with E-state index in [1.165, 1.54) is 24.7 Å². The molecule has 0 aliphatic carbocycles. The van der Waals surface area contributed by atoms with Crippen LogP contribution in [0, 0.1) is 0 Å². The van der Waals surface area contributed by atoms with E-state index in [4.69, 9.17) is 0 Å². The van der Waals surface area contributed by atoms with Gasteiger partial charge >= 0.3 is 5.69 Å². The topological polar surface area (TPSA) is 78.9 Å². The molecule has 0 aromatic carbocycles. The van der Waals surface area contributed by atoms with Gasteiger partial charge in [0.05, 0.1) is 24.1 Å². The first-order valence-corrected chi connectivity index (χ1v) is 6.76. The van der Waals surface area contributed by atoms with E-state index in [9.17, 15) is 14.4 Å². The average molecular weight is 290 g/mol. The largest absolute Gasteiger partial charge is 0.333 e. The van der Waals surface area contributed by atoms with Crippen LogP contribution in [0.2, 0.25) is 0 Å². The molecule has 0 bridgehead atoms. The van der Waals surface area contributed by atoms with Crippen molar-refractivity contribution in [2.45, 2.75) is 33.4 Å². The van der Waals surface area contributed by atoms with Crippen LogP contribution in [0.1, 0.15) is 36.3 Å². The molecule has 0 N–H and O–H groups in total. The third-order valence-corrected chi connectivity index (χ3v) is 3.33. The Balaban J connectivity index is 2.50. The van der Waals surface area contributed by atoms with E-state index in [0.717, 1.165) is 23.2 Å². The highest BCUT2D eigenvalue weighted by Gasteiger charge is 2.13. The molecule has 0 atom stereocenters. The maximum absolute atomic E-state index is 12.1. The summed E-state index contributed by atoms with van der Waals surface area (Å²) in [6.07, 6.45) is 5.67. The number of imidazole rings is 1. The van der Waals surface area contributed by atoms with Gasteiger partial charge in [0.15, 0.2) is 5.78 Å².